The van der Waals surface area contributed by atoms with Gasteiger partial charge in [-0.25, -0.2) is 4.98 Å². The van der Waals surface area contributed by atoms with Gasteiger partial charge in [0.1, 0.15) is 5.75 Å². The summed E-state index contributed by atoms with van der Waals surface area (Å²) < 4.78 is 12.4. The molecule has 35 heavy (non-hydrogen) atoms. The van der Waals surface area contributed by atoms with Gasteiger partial charge in [-0.15, -0.1) is 0 Å². The van der Waals surface area contributed by atoms with Crippen molar-refractivity contribution in [3.8, 4) is 22.7 Å². The normalized spacial score (nSPS) is 15.8. The molecule has 1 fully saturated rings. The molecule has 0 saturated heterocycles. The molecule has 3 aromatic rings. The summed E-state index contributed by atoms with van der Waals surface area (Å²) >= 11 is 1.23. The smallest absolute Gasteiger partial charge is 0.316 e. The first-order valence-electron chi connectivity index (χ1n) is 12.3. The molecule has 1 aromatic heterocycles. The SMILES string of the molecule is CCOC(=O)CSc1nc2c(c(=O)n1-c1ccccc1OC)C1(CCCCC1)Cc1ccccc1-2. The second-order valence-electron chi connectivity index (χ2n) is 9.20. The summed E-state index contributed by atoms with van der Waals surface area (Å²) in [5.74, 6) is 0.324. The molecule has 1 saturated carbocycles. The molecule has 0 amide bonds. The third-order valence-corrected chi connectivity index (χ3v) is 8.06. The zero-order chi connectivity index (χ0) is 24.4. The summed E-state index contributed by atoms with van der Waals surface area (Å²) in [4.78, 5) is 31.8. The van der Waals surface area contributed by atoms with E-state index in [-0.39, 0.29) is 22.7 Å². The first-order chi connectivity index (χ1) is 17.1. The standard InChI is InChI=1S/C28H30N2O4S/c1-3-34-23(31)18-35-27-29-25-20-12-6-5-11-19(20)17-28(15-9-4-10-16-28)24(25)26(32)30(27)21-13-7-8-14-22(21)33-2/h5-8,11-14H,3-4,9-10,15-18H2,1-2H3. The second kappa shape index (κ2) is 9.90. The van der Waals surface area contributed by atoms with Gasteiger partial charge in [-0.05, 0) is 43.9 Å². The van der Waals surface area contributed by atoms with E-state index in [1.165, 1.54) is 23.7 Å². The molecule has 0 N–H and O–H groups in total. The second-order valence-corrected chi connectivity index (χ2v) is 10.1. The maximum atomic E-state index is 14.5. The number of aromatic nitrogens is 2. The zero-order valence-corrected chi connectivity index (χ0v) is 21.0. The number of carbonyl (C=O) groups excluding carboxylic acids is 1. The summed E-state index contributed by atoms with van der Waals surface area (Å²) in [6.07, 6.45) is 6.22. The monoisotopic (exact) mass is 490 g/mol. The number of thioether (sulfide) groups is 1. The van der Waals surface area contributed by atoms with Crippen LogP contribution in [0.3, 0.4) is 0 Å². The Hall–Kier alpha value is -3.06. The molecule has 2 aliphatic carbocycles. The average Bonchev–Trinajstić information content (AvgIpc) is 2.88. The minimum Gasteiger partial charge on any atom is -0.495 e. The lowest BCUT2D eigenvalue weighted by molar-refractivity contribution is -0.139. The number of ether oxygens (including phenoxy) is 2. The van der Waals surface area contributed by atoms with Crippen molar-refractivity contribution in [2.24, 2.45) is 0 Å². The van der Waals surface area contributed by atoms with E-state index in [1.54, 1.807) is 18.6 Å². The predicted molar refractivity (Wildman–Crippen MR) is 138 cm³/mol. The fraction of sp³-hybridized carbons (Fsp3) is 0.393. The summed E-state index contributed by atoms with van der Waals surface area (Å²) in [6.45, 7) is 2.09. The number of rotatable bonds is 6. The number of para-hydroxylation sites is 2. The third kappa shape index (κ3) is 4.27. The van der Waals surface area contributed by atoms with Crippen LogP contribution in [-0.2, 0) is 21.4 Å². The average molecular weight is 491 g/mol. The Morgan fingerprint density at radius 2 is 1.83 bits per heavy atom. The fourth-order valence-electron chi connectivity index (χ4n) is 5.64. The summed E-state index contributed by atoms with van der Waals surface area (Å²) in [5.41, 5.74) is 4.17. The van der Waals surface area contributed by atoms with Crippen LogP contribution in [-0.4, -0.2) is 35.0 Å². The number of fused-ring (bicyclic) bond motifs is 4. The van der Waals surface area contributed by atoms with Gasteiger partial charge < -0.3 is 9.47 Å². The molecule has 0 unspecified atom stereocenters. The highest BCUT2D eigenvalue weighted by atomic mass is 32.2. The molecule has 2 aliphatic rings. The van der Waals surface area contributed by atoms with Gasteiger partial charge in [0.25, 0.3) is 5.56 Å². The quantitative estimate of drug-likeness (QED) is 0.265. The molecule has 1 heterocycles. The number of methoxy groups -OCH3 is 1. The van der Waals surface area contributed by atoms with Gasteiger partial charge in [0.05, 0.1) is 36.4 Å². The molecule has 182 valence electrons. The van der Waals surface area contributed by atoms with E-state index in [0.29, 0.717) is 23.2 Å². The van der Waals surface area contributed by atoms with E-state index < -0.39 is 0 Å². The lowest BCUT2D eigenvalue weighted by atomic mass is 9.62. The molecule has 0 atom stereocenters. The van der Waals surface area contributed by atoms with Gasteiger partial charge in [0, 0.05) is 11.0 Å². The lowest BCUT2D eigenvalue weighted by Gasteiger charge is -2.42. The largest absolute Gasteiger partial charge is 0.495 e. The van der Waals surface area contributed by atoms with Crippen LogP contribution in [0.4, 0.5) is 0 Å². The van der Waals surface area contributed by atoms with Crippen LogP contribution in [0, 0.1) is 0 Å². The van der Waals surface area contributed by atoms with Gasteiger partial charge >= 0.3 is 5.97 Å². The maximum Gasteiger partial charge on any atom is 0.316 e. The Morgan fingerprint density at radius 3 is 2.60 bits per heavy atom. The van der Waals surface area contributed by atoms with E-state index >= 15 is 0 Å². The zero-order valence-electron chi connectivity index (χ0n) is 20.2. The van der Waals surface area contributed by atoms with Crippen molar-refractivity contribution in [2.75, 3.05) is 19.5 Å². The Bertz CT molecular complexity index is 1310. The van der Waals surface area contributed by atoms with Crippen molar-refractivity contribution in [1.82, 2.24) is 9.55 Å². The minimum atomic E-state index is -0.333. The highest BCUT2D eigenvalue weighted by molar-refractivity contribution is 7.99. The summed E-state index contributed by atoms with van der Waals surface area (Å²) in [5, 5.41) is 0.467. The van der Waals surface area contributed by atoms with Crippen LogP contribution >= 0.6 is 11.8 Å². The number of nitrogens with zero attached hydrogens (tertiary/aromatic N) is 2. The van der Waals surface area contributed by atoms with E-state index in [9.17, 15) is 9.59 Å². The first kappa shape index (κ1) is 23.7. The van der Waals surface area contributed by atoms with Gasteiger partial charge in [0.2, 0.25) is 0 Å². The van der Waals surface area contributed by atoms with E-state index in [0.717, 1.165) is 48.9 Å². The number of esters is 1. The van der Waals surface area contributed by atoms with Crippen LogP contribution in [0.15, 0.2) is 58.5 Å². The van der Waals surface area contributed by atoms with Gasteiger partial charge in [-0.1, -0.05) is 67.4 Å². The van der Waals surface area contributed by atoms with Crippen LogP contribution in [0.25, 0.3) is 16.9 Å². The van der Waals surface area contributed by atoms with Gasteiger partial charge in [0.15, 0.2) is 5.16 Å². The van der Waals surface area contributed by atoms with Crippen molar-refractivity contribution in [3.63, 3.8) is 0 Å². The maximum absolute atomic E-state index is 14.5. The molecular weight excluding hydrogens is 460 g/mol. The van der Waals surface area contributed by atoms with Crippen LogP contribution in [0.2, 0.25) is 0 Å². The van der Waals surface area contributed by atoms with Crippen molar-refractivity contribution >= 4 is 17.7 Å². The summed E-state index contributed by atoms with van der Waals surface area (Å²) in [7, 11) is 1.60. The number of hydrogen-bond donors (Lipinski definition) is 0. The highest BCUT2D eigenvalue weighted by Gasteiger charge is 2.43. The van der Waals surface area contributed by atoms with Crippen LogP contribution < -0.4 is 10.3 Å². The Kier molecular flexibility index (Phi) is 6.69. The first-order valence-corrected chi connectivity index (χ1v) is 13.2. The van der Waals surface area contributed by atoms with E-state index in [2.05, 4.69) is 18.2 Å². The predicted octanol–water partition coefficient (Wildman–Crippen LogP) is 5.32. The van der Waals surface area contributed by atoms with Gasteiger partial charge in [-0.2, -0.15) is 0 Å². The molecule has 2 aromatic carbocycles. The molecular formula is C28H30N2O4S. The number of hydrogen-bond acceptors (Lipinski definition) is 6. The third-order valence-electron chi connectivity index (χ3n) is 7.15. The van der Waals surface area contributed by atoms with Crippen LogP contribution in [0.5, 0.6) is 5.75 Å². The number of carbonyl (C=O) groups is 1. The minimum absolute atomic E-state index is 0.0674. The molecule has 1 spiro atoms. The summed E-state index contributed by atoms with van der Waals surface area (Å²) in [6, 6.07) is 15.8. The highest BCUT2D eigenvalue weighted by Crippen LogP contribution is 2.49. The number of benzene rings is 2. The van der Waals surface area contributed by atoms with Gasteiger partial charge in [-0.3, -0.25) is 14.2 Å². The molecule has 5 rings (SSSR count). The van der Waals surface area contributed by atoms with Crippen molar-refractivity contribution in [1.29, 1.82) is 0 Å². The van der Waals surface area contributed by atoms with Crippen molar-refractivity contribution in [2.45, 2.75) is 56.0 Å². The van der Waals surface area contributed by atoms with E-state index in [1.807, 2.05) is 30.3 Å². The Labute approximate surface area is 209 Å². The Morgan fingerprint density at radius 1 is 1.09 bits per heavy atom. The lowest BCUT2D eigenvalue weighted by Crippen LogP contribution is -2.43. The molecule has 0 bridgehead atoms. The van der Waals surface area contributed by atoms with E-state index in [4.69, 9.17) is 14.5 Å². The van der Waals surface area contributed by atoms with Crippen molar-refractivity contribution in [3.05, 3.63) is 70.0 Å². The Balaban J connectivity index is 1.78. The molecule has 7 heteroatoms. The van der Waals surface area contributed by atoms with Crippen molar-refractivity contribution < 1.29 is 14.3 Å². The molecule has 0 aliphatic heterocycles. The molecule has 0 radical (unpaired) electrons. The van der Waals surface area contributed by atoms with Crippen LogP contribution in [0.1, 0.15) is 50.2 Å². The molecule has 6 nitrogen and oxygen atoms in total. The topological polar surface area (TPSA) is 70.4 Å². The fourth-order valence-corrected chi connectivity index (χ4v) is 6.43.